The van der Waals surface area contributed by atoms with Gasteiger partial charge in [-0.25, -0.2) is 4.98 Å². The number of halogens is 1. The van der Waals surface area contributed by atoms with Crippen LogP contribution >= 0.6 is 11.6 Å². The van der Waals surface area contributed by atoms with Crippen molar-refractivity contribution in [2.75, 3.05) is 37.9 Å². The zero-order valence-corrected chi connectivity index (χ0v) is 13.4. The first-order valence-electron chi connectivity index (χ1n) is 7.61. The van der Waals surface area contributed by atoms with E-state index in [0.29, 0.717) is 10.8 Å². The number of fused-ring (bicyclic) bond motifs is 1. The fourth-order valence-electron chi connectivity index (χ4n) is 2.96. The molecule has 1 fully saturated rings. The molecular formula is C16H17ClN4O2. The minimum Gasteiger partial charge on any atom is -0.454 e. The molecule has 0 radical (unpaired) electrons. The summed E-state index contributed by atoms with van der Waals surface area (Å²) in [5.74, 6) is 2.34. The van der Waals surface area contributed by atoms with Gasteiger partial charge in [-0.3, -0.25) is 9.88 Å². The number of anilines is 1. The van der Waals surface area contributed by atoms with E-state index in [1.165, 1.54) is 0 Å². The average Bonchev–Trinajstić information content (AvgIpc) is 3.05. The molecule has 3 heterocycles. The van der Waals surface area contributed by atoms with Gasteiger partial charge in [0.1, 0.15) is 5.82 Å². The van der Waals surface area contributed by atoms with Gasteiger partial charge >= 0.3 is 0 Å². The number of piperazine rings is 1. The van der Waals surface area contributed by atoms with Gasteiger partial charge in [-0.05, 0) is 17.7 Å². The largest absolute Gasteiger partial charge is 0.454 e. The summed E-state index contributed by atoms with van der Waals surface area (Å²) < 4.78 is 10.8. The highest BCUT2D eigenvalue weighted by atomic mass is 35.5. The molecule has 0 aliphatic carbocycles. The van der Waals surface area contributed by atoms with Crippen LogP contribution in [0.15, 0.2) is 30.7 Å². The van der Waals surface area contributed by atoms with Crippen LogP contribution in [0.5, 0.6) is 11.5 Å². The van der Waals surface area contributed by atoms with Crippen LogP contribution in [-0.4, -0.2) is 47.8 Å². The van der Waals surface area contributed by atoms with E-state index in [0.717, 1.165) is 49.9 Å². The van der Waals surface area contributed by atoms with Gasteiger partial charge in [0.15, 0.2) is 11.5 Å². The molecule has 0 spiro atoms. The van der Waals surface area contributed by atoms with Gasteiger partial charge in [0, 0.05) is 45.1 Å². The van der Waals surface area contributed by atoms with Crippen molar-refractivity contribution in [2.45, 2.75) is 6.54 Å². The zero-order valence-electron chi connectivity index (χ0n) is 12.6. The fraction of sp³-hybridized carbons (Fsp3) is 0.375. The maximum absolute atomic E-state index is 6.25. The quantitative estimate of drug-likeness (QED) is 0.858. The predicted molar refractivity (Wildman–Crippen MR) is 87.1 cm³/mol. The van der Waals surface area contributed by atoms with Crippen LogP contribution in [0.25, 0.3) is 0 Å². The van der Waals surface area contributed by atoms with Gasteiger partial charge in [-0.1, -0.05) is 11.6 Å². The molecule has 7 heteroatoms. The molecule has 0 bridgehead atoms. The number of aromatic nitrogens is 2. The van der Waals surface area contributed by atoms with Crippen LogP contribution in [0.4, 0.5) is 5.82 Å². The summed E-state index contributed by atoms with van der Waals surface area (Å²) in [5.41, 5.74) is 1.15. The Morgan fingerprint density at radius 2 is 1.96 bits per heavy atom. The number of hydrogen-bond acceptors (Lipinski definition) is 6. The van der Waals surface area contributed by atoms with Crippen molar-refractivity contribution in [3.05, 3.63) is 41.3 Å². The second kappa shape index (κ2) is 6.22. The van der Waals surface area contributed by atoms with Crippen molar-refractivity contribution in [1.29, 1.82) is 0 Å². The Labute approximate surface area is 139 Å². The van der Waals surface area contributed by atoms with Crippen LogP contribution < -0.4 is 14.4 Å². The molecule has 0 N–H and O–H groups in total. The van der Waals surface area contributed by atoms with Crippen LogP contribution in [0.1, 0.15) is 5.56 Å². The SMILES string of the molecule is Clc1cc(CN2CCN(c3cnccn3)CC2)cc2c1OCO2. The van der Waals surface area contributed by atoms with Crippen LogP contribution in [0.2, 0.25) is 5.02 Å². The Hall–Kier alpha value is -2.05. The molecule has 4 rings (SSSR count). The third kappa shape index (κ3) is 3.04. The van der Waals surface area contributed by atoms with Gasteiger partial charge in [-0.15, -0.1) is 0 Å². The van der Waals surface area contributed by atoms with E-state index >= 15 is 0 Å². The normalized spacial score (nSPS) is 17.5. The van der Waals surface area contributed by atoms with E-state index in [9.17, 15) is 0 Å². The zero-order chi connectivity index (χ0) is 15.6. The molecule has 1 saturated heterocycles. The summed E-state index contributed by atoms with van der Waals surface area (Å²) in [5, 5.41) is 0.619. The smallest absolute Gasteiger partial charge is 0.231 e. The molecule has 0 unspecified atom stereocenters. The van der Waals surface area contributed by atoms with Crippen LogP contribution in [0, 0.1) is 0 Å². The Kier molecular flexibility index (Phi) is 3.93. The molecular weight excluding hydrogens is 316 g/mol. The maximum Gasteiger partial charge on any atom is 0.231 e. The van der Waals surface area contributed by atoms with Crippen molar-refractivity contribution < 1.29 is 9.47 Å². The van der Waals surface area contributed by atoms with E-state index in [1.807, 2.05) is 18.3 Å². The summed E-state index contributed by atoms with van der Waals surface area (Å²) in [6.45, 7) is 4.93. The standard InChI is InChI=1S/C16H17ClN4O2/c17-13-7-12(8-14-16(13)23-11-22-14)10-20-3-5-21(6-4-20)15-9-18-1-2-19-15/h1-2,7-9H,3-6,10-11H2. The second-order valence-electron chi connectivity index (χ2n) is 5.64. The summed E-state index contributed by atoms with van der Waals surface area (Å²) in [7, 11) is 0. The highest BCUT2D eigenvalue weighted by Gasteiger charge is 2.21. The number of rotatable bonds is 3. The van der Waals surface area contributed by atoms with Crippen LogP contribution in [0.3, 0.4) is 0 Å². The predicted octanol–water partition coefficient (Wildman–Crippen LogP) is 2.18. The number of nitrogens with zero attached hydrogens (tertiary/aromatic N) is 4. The van der Waals surface area contributed by atoms with E-state index < -0.39 is 0 Å². The Balaban J connectivity index is 1.39. The van der Waals surface area contributed by atoms with Crippen molar-refractivity contribution in [2.24, 2.45) is 0 Å². The molecule has 0 atom stereocenters. The van der Waals surface area contributed by atoms with E-state index in [2.05, 4.69) is 19.8 Å². The lowest BCUT2D eigenvalue weighted by Crippen LogP contribution is -2.46. The third-order valence-electron chi connectivity index (χ3n) is 4.14. The Morgan fingerprint density at radius 3 is 2.74 bits per heavy atom. The molecule has 1 aromatic carbocycles. The van der Waals surface area contributed by atoms with Gasteiger partial charge in [0.25, 0.3) is 0 Å². The van der Waals surface area contributed by atoms with E-state index in [4.69, 9.17) is 21.1 Å². The Bertz CT molecular complexity index is 690. The van der Waals surface area contributed by atoms with Gasteiger partial charge < -0.3 is 14.4 Å². The minimum atomic E-state index is 0.245. The fourth-order valence-corrected chi connectivity index (χ4v) is 3.25. The molecule has 1 aromatic heterocycles. The first-order chi connectivity index (χ1) is 11.3. The van der Waals surface area contributed by atoms with Gasteiger partial charge in [0.2, 0.25) is 6.79 Å². The third-order valence-corrected chi connectivity index (χ3v) is 4.42. The van der Waals surface area contributed by atoms with Gasteiger partial charge in [-0.2, -0.15) is 0 Å². The highest BCUT2D eigenvalue weighted by Crippen LogP contribution is 2.40. The van der Waals surface area contributed by atoms with Crippen molar-refractivity contribution in [3.63, 3.8) is 0 Å². The maximum atomic E-state index is 6.25. The van der Waals surface area contributed by atoms with Gasteiger partial charge in [0.05, 0.1) is 11.2 Å². The highest BCUT2D eigenvalue weighted by molar-refractivity contribution is 6.32. The van der Waals surface area contributed by atoms with Crippen molar-refractivity contribution in [1.82, 2.24) is 14.9 Å². The lowest BCUT2D eigenvalue weighted by atomic mass is 10.1. The molecule has 0 amide bonds. The summed E-state index contributed by atoms with van der Waals surface area (Å²) >= 11 is 6.25. The molecule has 120 valence electrons. The summed E-state index contributed by atoms with van der Waals surface area (Å²) in [6, 6.07) is 3.98. The van der Waals surface area contributed by atoms with Crippen molar-refractivity contribution in [3.8, 4) is 11.5 Å². The lowest BCUT2D eigenvalue weighted by Gasteiger charge is -2.35. The number of hydrogen-bond donors (Lipinski definition) is 0. The first-order valence-corrected chi connectivity index (χ1v) is 7.99. The van der Waals surface area contributed by atoms with E-state index in [1.54, 1.807) is 12.4 Å². The molecule has 0 saturated carbocycles. The number of ether oxygens (including phenoxy) is 2. The summed E-state index contributed by atoms with van der Waals surface area (Å²) in [6.07, 6.45) is 5.24. The molecule has 2 aromatic rings. The monoisotopic (exact) mass is 332 g/mol. The Morgan fingerprint density at radius 1 is 1.09 bits per heavy atom. The molecule has 2 aliphatic heterocycles. The first kappa shape index (κ1) is 14.5. The lowest BCUT2D eigenvalue weighted by molar-refractivity contribution is 0.174. The topological polar surface area (TPSA) is 50.7 Å². The van der Waals surface area contributed by atoms with E-state index in [-0.39, 0.29) is 6.79 Å². The number of benzene rings is 1. The summed E-state index contributed by atoms with van der Waals surface area (Å²) in [4.78, 5) is 13.2. The van der Waals surface area contributed by atoms with Crippen LogP contribution in [-0.2, 0) is 6.54 Å². The minimum absolute atomic E-state index is 0.245. The molecule has 23 heavy (non-hydrogen) atoms. The second-order valence-corrected chi connectivity index (χ2v) is 6.05. The molecule has 6 nitrogen and oxygen atoms in total. The average molecular weight is 333 g/mol. The van der Waals surface area contributed by atoms with Crippen molar-refractivity contribution >= 4 is 17.4 Å². The molecule has 2 aliphatic rings.